The Morgan fingerprint density at radius 1 is 1.32 bits per heavy atom. The molecule has 4 heteroatoms. The van der Waals surface area contributed by atoms with Gasteiger partial charge in [-0.25, -0.2) is 0 Å². The van der Waals surface area contributed by atoms with E-state index in [4.69, 9.17) is 9.84 Å². The number of rotatable bonds is 7. The van der Waals surface area contributed by atoms with Gasteiger partial charge in [-0.15, -0.1) is 0 Å². The normalized spacial score (nSPS) is 13.7. The molecule has 1 aromatic rings. The van der Waals surface area contributed by atoms with E-state index in [9.17, 15) is 4.79 Å². The van der Waals surface area contributed by atoms with Gasteiger partial charge in [-0.1, -0.05) is 19.1 Å². The van der Waals surface area contributed by atoms with Crippen LogP contribution in [0.2, 0.25) is 0 Å². The Hall–Kier alpha value is -1.55. The topological polar surface area (TPSA) is 58.6 Å². The molecule has 0 bridgehead atoms. The summed E-state index contributed by atoms with van der Waals surface area (Å²) in [7, 11) is 1.63. The number of ether oxygens (including phenoxy) is 1. The smallest absolute Gasteiger partial charge is 0.223 e. The standard InChI is InChI=1S/C15H23NO3/c1-11(15(18)16-12(2)8-9-17)10-13-4-6-14(19-3)7-5-13/h4-7,11-12,17H,8-10H2,1-3H3,(H,16,18). The van der Waals surface area contributed by atoms with E-state index in [1.165, 1.54) is 0 Å². The maximum Gasteiger partial charge on any atom is 0.223 e. The third-order valence-corrected chi connectivity index (χ3v) is 3.10. The lowest BCUT2D eigenvalue weighted by Crippen LogP contribution is -2.37. The van der Waals surface area contributed by atoms with Gasteiger partial charge in [0.1, 0.15) is 5.75 Å². The summed E-state index contributed by atoms with van der Waals surface area (Å²) in [5.74, 6) is 0.753. The van der Waals surface area contributed by atoms with Crippen LogP contribution in [0.1, 0.15) is 25.8 Å². The quantitative estimate of drug-likeness (QED) is 0.790. The molecule has 0 heterocycles. The van der Waals surface area contributed by atoms with Crippen LogP contribution in [0.5, 0.6) is 5.75 Å². The predicted octanol–water partition coefficient (Wildman–Crippen LogP) is 1.76. The Morgan fingerprint density at radius 2 is 1.95 bits per heavy atom. The van der Waals surface area contributed by atoms with Crippen LogP contribution in [-0.4, -0.2) is 30.8 Å². The Labute approximate surface area is 114 Å². The number of hydrogen-bond acceptors (Lipinski definition) is 3. The molecule has 106 valence electrons. The summed E-state index contributed by atoms with van der Waals surface area (Å²) >= 11 is 0. The maximum absolute atomic E-state index is 11.9. The fraction of sp³-hybridized carbons (Fsp3) is 0.533. The van der Waals surface area contributed by atoms with Crippen molar-refractivity contribution in [1.29, 1.82) is 0 Å². The van der Waals surface area contributed by atoms with E-state index in [1.807, 2.05) is 38.1 Å². The van der Waals surface area contributed by atoms with Gasteiger partial charge in [0.15, 0.2) is 0 Å². The van der Waals surface area contributed by atoms with Crippen molar-refractivity contribution in [2.45, 2.75) is 32.7 Å². The van der Waals surface area contributed by atoms with Crippen LogP contribution in [0.15, 0.2) is 24.3 Å². The molecule has 2 unspecified atom stereocenters. The van der Waals surface area contributed by atoms with Crippen LogP contribution in [-0.2, 0) is 11.2 Å². The fourth-order valence-electron chi connectivity index (χ4n) is 1.86. The molecule has 0 spiro atoms. The van der Waals surface area contributed by atoms with E-state index in [2.05, 4.69) is 5.32 Å². The van der Waals surface area contributed by atoms with Crippen molar-refractivity contribution in [3.8, 4) is 5.75 Å². The minimum Gasteiger partial charge on any atom is -0.497 e. The Bertz CT molecular complexity index is 389. The van der Waals surface area contributed by atoms with Crippen molar-refractivity contribution in [1.82, 2.24) is 5.32 Å². The van der Waals surface area contributed by atoms with Crippen molar-refractivity contribution in [3.05, 3.63) is 29.8 Å². The summed E-state index contributed by atoms with van der Waals surface area (Å²) in [5, 5.41) is 11.7. The highest BCUT2D eigenvalue weighted by Gasteiger charge is 2.15. The molecule has 0 saturated carbocycles. The van der Waals surface area contributed by atoms with E-state index in [0.717, 1.165) is 11.3 Å². The van der Waals surface area contributed by atoms with Gasteiger partial charge in [-0.2, -0.15) is 0 Å². The number of aliphatic hydroxyl groups is 1. The number of carbonyl (C=O) groups is 1. The van der Waals surface area contributed by atoms with Crippen LogP contribution in [0.4, 0.5) is 0 Å². The molecular formula is C15H23NO3. The number of methoxy groups -OCH3 is 1. The molecule has 0 saturated heterocycles. The third kappa shape index (κ3) is 5.30. The summed E-state index contributed by atoms with van der Waals surface area (Å²) in [4.78, 5) is 11.9. The first-order valence-electron chi connectivity index (χ1n) is 6.61. The summed E-state index contributed by atoms with van der Waals surface area (Å²) in [5.41, 5.74) is 1.11. The number of amides is 1. The second-order valence-electron chi connectivity index (χ2n) is 4.88. The lowest BCUT2D eigenvalue weighted by atomic mass is 10.00. The van der Waals surface area contributed by atoms with Crippen LogP contribution in [0.25, 0.3) is 0 Å². The number of aliphatic hydroxyl groups excluding tert-OH is 1. The van der Waals surface area contributed by atoms with Crippen molar-refractivity contribution >= 4 is 5.91 Å². The first-order chi connectivity index (χ1) is 9.06. The van der Waals surface area contributed by atoms with E-state index >= 15 is 0 Å². The van der Waals surface area contributed by atoms with E-state index in [0.29, 0.717) is 12.8 Å². The third-order valence-electron chi connectivity index (χ3n) is 3.10. The highest BCUT2D eigenvalue weighted by atomic mass is 16.5. The highest BCUT2D eigenvalue weighted by Crippen LogP contribution is 2.14. The summed E-state index contributed by atoms with van der Waals surface area (Å²) in [6.07, 6.45) is 1.28. The maximum atomic E-state index is 11.9. The predicted molar refractivity (Wildman–Crippen MR) is 75.2 cm³/mol. The van der Waals surface area contributed by atoms with Crippen molar-refractivity contribution in [3.63, 3.8) is 0 Å². The molecule has 0 aliphatic carbocycles. The zero-order chi connectivity index (χ0) is 14.3. The SMILES string of the molecule is COc1ccc(CC(C)C(=O)NC(C)CCO)cc1. The van der Waals surface area contributed by atoms with Crippen molar-refractivity contribution in [2.24, 2.45) is 5.92 Å². The molecule has 2 atom stereocenters. The van der Waals surface area contributed by atoms with Gasteiger partial charge in [0.05, 0.1) is 7.11 Å². The Balaban J connectivity index is 2.48. The van der Waals surface area contributed by atoms with Gasteiger partial charge in [0.25, 0.3) is 0 Å². The second kappa shape index (κ2) is 7.79. The Morgan fingerprint density at radius 3 is 2.47 bits per heavy atom. The molecule has 1 aromatic carbocycles. The number of hydrogen-bond donors (Lipinski definition) is 2. The molecule has 0 fully saturated rings. The van der Waals surface area contributed by atoms with Gasteiger partial charge >= 0.3 is 0 Å². The molecule has 0 aliphatic rings. The molecular weight excluding hydrogens is 242 g/mol. The molecule has 1 rings (SSSR count). The molecule has 0 aliphatic heterocycles. The number of carbonyl (C=O) groups excluding carboxylic acids is 1. The summed E-state index contributed by atoms with van der Waals surface area (Å²) in [6, 6.07) is 7.75. The zero-order valence-corrected chi connectivity index (χ0v) is 11.8. The monoisotopic (exact) mass is 265 g/mol. The fourth-order valence-corrected chi connectivity index (χ4v) is 1.86. The first kappa shape index (κ1) is 15.5. The average molecular weight is 265 g/mol. The number of nitrogens with one attached hydrogen (secondary N) is 1. The van der Waals surface area contributed by atoms with E-state index in [-0.39, 0.29) is 24.5 Å². The van der Waals surface area contributed by atoms with Crippen molar-refractivity contribution in [2.75, 3.05) is 13.7 Å². The van der Waals surface area contributed by atoms with E-state index < -0.39 is 0 Å². The molecule has 2 N–H and O–H groups in total. The Kier molecular flexibility index (Phi) is 6.36. The zero-order valence-electron chi connectivity index (χ0n) is 11.8. The van der Waals surface area contributed by atoms with Crippen LogP contribution in [0.3, 0.4) is 0 Å². The van der Waals surface area contributed by atoms with Gasteiger partial charge in [-0.3, -0.25) is 4.79 Å². The molecule has 19 heavy (non-hydrogen) atoms. The summed E-state index contributed by atoms with van der Waals surface area (Å²) < 4.78 is 5.10. The van der Waals surface area contributed by atoms with Crippen molar-refractivity contribution < 1.29 is 14.6 Å². The molecule has 4 nitrogen and oxygen atoms in total. The molecule has 0 aromatic heterocycles. The average Bonchev–Trinajstić information content (AvgIpc) is 2.39. The molecule has 1 amide bonds. The summed E-state index contributed by atoms with van der Waals surface area (Å²) in [6.45, 7) is 3.90. The highest BCUT2D eigenvalue weighted by molar-refractivity contribution is 5.78. The van der Waals surface area contributed by atoms with Crippen LogP contribution >= 0.6 is 0 Å². The van der Waals surface area contributed by atoms with Gasteiger partial charge in [0, 0.05) is 18.6 Å². The minimum atomic E-state index is -0.0884. The lowest BCUT2D eigenvalue weighted by Gasteiger charge is -2.17. The van der Waals surface area contributed by atoms with Crippen LogP contribution in [0, 0.1) is 5.92 Å². The van der Waals surface area contributed by atoms with Gasteiger partial charge < -0.3 is 15.2 Å². The van der Waals surface area contributed by atoms with E-state index in [1.54, 1.807) is 7.11 Å². The minimum absolute atomic E-state index is 0.0100. The second-order valence-corrected chi connectivity index (χ2v) is 4.88. The lowest BCUT2D eigenvalue weighted by molar-refractivity contribution is -0.125. The van der Waals surface area contributed by atoms with Gasteiger partial charge in [-0.05, 0) is 37.5 Å². The first-order valence-corrected chi connectivity index (χ1v) is 6.61. The van der Waals surface area contributed by atoms with Gasteiger partial charge in [0.2, 0.25) is 5.91 Å². The van der Waals surface area contributed by atoms with Crippen LogP contribution < -0.4 is 10.1 Å². The largest absolute Gasteiger partial charge is 0.497 e. The molecule has 0 radical (unpaired) electrons. The number of benzene rings is 1.